The first kappa shape index (κ1) is 26.6. The molecule has 1 rings (SSSR count). The predicted molar refractivity (Wildman–Crippen MR) is 118 cm³/mol. The Morgan fingerprint density at radius 1 is 0.862 bits per heavy atom. The van der Waals surface area contributed by atoms with Crippen molar-refractivity contribution in [2.75, 3.05) is 19.8 Å². The number of hydrogen-bond acceptors (Lipinski definition) is 5. The Balaban J connectivity index is 1.76. The van der Waals surface area contributed by atoms with Gasteiger partial charge >= 0.3 is 0 Å². The first-order chi connectivity index (χ1) is 14.2. The Morgan fingerprint density at radius 3 is 1.97 bits per heavy atom. The van der Waals surface area contributed by atoms with Crippen LogP contribution in [0.25, 0.3) is 0 Å². The lowest BCUT2D eigenvalue weighted by molar-refractivity contribution is -0.0813. The summed E-state index contributed by atoms with van der Waals surface area (Å²) in [6, 6.07) is 0. The van der Waals surface area contributed by atoms with Gasteiger partial charge in [-0.3, -0.25) is 0 Å². The van der Waals surface area contributed by atoms with Crippen molar-refractivity contribution < 1.29 is 24.8 Å². The van der Waals surface area contributed by atoms with E-state index in [2.05, 4.69) is 19.1 Å². The van der Waals surface area contributed by atoms with Gasteiger partial charge in [0.05, 0.1) is 13.2 Å². The summed E-state index contributed by atoms with van der Waals surface area (Å²) < 4.78 is 10.7. The number of aliphatic hydroxyl groups excluding tert-OH is 3. The van der Waals surface area contributed by atoms with E-state index in [1.54, 1.807) is 0 Å². The third kappa shape index (κ3) is 13.5. The van der Waals surface area contributed by atoms with Crippen LogP contribution in [0.3, 0.4) is 0 Å². The van der Waals surface area contributed by atoms with Gasteiger partial charge in [0.15, 0.2) is 0 Å². The Morgan fingerprint density at radius 2 is 1.41 bits per heavy atom. The molecule has 172 valence electrons. The lowest BCUT2D eigenvalue weighted by Crippen LogP contribution is -2.40. The summed E-state index contributed by atoms with van der Waals surface area (Å²) in [6.07, 6.45) is 19.1. The molecule has 5 heteroatoms. The number of ether oxygens (including phenoxy) is 2. The molecule has 1 aliphatic rings. The van der Waals surface area contributed by atoms with E-state index in [1.165, 1.54) is 77.0 Å². The number of allylic oxidation sites excluding steroid dienone is 2. The third-order valence-corrected chi connectivity index (χ3v) is 5.64. The molecule has 0 saturated carbocycles. The van der Waals surface area contributed by atoms with Crippen molar-refractivity contribution in [3.63, 3.8) is 0 Å². The van der Waals surface area contributed by atoms with Gasteiger partial charge in [0.1, 0.15) is 24.4 Å². The standard InChI is InChI=1S/C24H46O5/c1-2-3-4-5-6-7-8-9-10-11-12-13-14-15-16-17-18-28-19-22(26)24-23(27)21(25)20-29-24/h4-5,21-27H,2-3,6-20H2,1H3/b5-4+/t21-,22+,23+,24+/m0/s1. The van der Waals surface area contributed by atoms with E-state index in [-0.39, 0.29) is 13.2 Å². The minimum Gasteiger partial charge on any atom is -0.388 e. The van der Waals surface area contributed by atoms with Gasteiger partial charge in [-0.15, -0.1) is 0 Å². The average molecular weight is 415 g/mol. The fraction of sp³-hybridized carbons (Fsp3) is 0.917. The van der Waals surface area contributed by atoms with Gasteiger partial charge in [0.25, 0.3) is 0 Å². The van der Waals surface area contributed by atoms with Crippen LogP contribution in [-0.2, 0) is 9.47 Å². The molecule has 1 heterocycles. The minimum atomic E-state index is -1.03. The van der Waals surface area contributed by atoms with E-state index in [4.69, 9.17) is 9.47 Å². The first-order valence-electron chi connectivity index (χ1n) is 12.0. The summed E-state index contributed by atoms with van der Waals surface area (Å²) in [7, 11) is 0. The van der Waals surface area contributed by atoms with Gasteiger partial charge in [-0.2, -0.15) is 0 Å². The molecular formula is C24H46O5. The Hall–Kier alpha value is -0.460. The van der Waals surface area contributed by atoms with E-state index in [0.717, 1.165) is 12.8 Å². The van der Waals surface area contributed by atoms with Crippen LogP contribution < -0.4 is 0 Å². The molecule has 0 bridgehead atoms. The fourth-order valence-electron chi connectivity index (χ4n) is 3.72. The van der Waals surface area contributed by atoms with Gasteiger partial charge in [0.2, 0.25) is 0 Å². The van der Waals surface area contributed by atoms with Crippen LogP contribution in [-0.4, -0.2) is 59.6 Å². The second-order valence-corrected chi connectivity index (χ2v) is 8.44. The molecule has 0 aromatic rings. The van der Waals surface area contributed by atoms with E-state index in [9.17, 15) is 15.3 Å². The van der Waals surface area contributed by atoms with Gasteiger partial charge in [-0.25, -0.2) is 0 Å². The van der Waals surface area contributed by atoms with Crippen LogP contribution in [0, 0.1) is 0 Å². The molecule has 1 saturated heterocycles. The Labute approximate surface area is 178 Å². The maximum atomic E-state index is 9.95. The van der Waals surface area contributed by atoms with Crippen molar-refractivity contribution in [3.05, 3.63) is 12.2 Å². The summed E-state index contributed by atoms with van der Waals surface area (Å²) in [4.78, 5) is 0. The lowest BCUT2D eigenvalue weighted by atomic mass is 10.1. The molecule has 0 radical (unpaired) electrons. The zero-order valence-corrected chi connectivity index (χ0v) is 18.6. The smallest absolute Gasteiger partial charge is 0.114 e. The van der Waals surface area contributed by atoms with Crippen LogP contribution in [0.5, 0.6) is 0 Å². The van der Waals surface area contributed by atoms with Crippen LogP contribution in [0.15, 0.2) is 12.2 Å². The molecule has 0 spiro atoms. The zero-order chi connectivity index (χ0) is 21.2. The Bertz CT molecular complexity index is 387. The zero-order valence-electron chi connectivity index (χ0n) is 18.6. The number of unbranched alkanes of at least 4 members (excludes halogenated alkanes) is 12. The first-order valence-corrected chi connectivity index (χ1v) is 12.0. The topological polar surface area (TPSA) is 79.2 Å². The highest BCUT2D eigenvalue weighted by Crippen LogP contribution is 2.18. The number of aliphatic hydroxyl groups is 3. The molecule has 0 aliphatic carbocycles. The van der Waals surface area contributed by atoms with Crippen LogP contribution >= 0.6 is 0 Å². The molecule has 4 atom stereocenters. The monoisotopic (exact) mass is 414 g/mol. The molecule has 3 N–H and O–H groups in total. The number of hydrogen-bond donors (Lipinski definition) is 3. The summed E-state index contributed by atoms with van der Waals surface area (Å²) in [5.74, 6) is 0. The average Bonchev–Trinajstić information content (AvgIpc) is 3.05. The van der Waals surface area contributed by atoms with Crippen LogP contribution in [0.1, 0.15) is 96.8 Å². The molecule has 1 fully saturated rings. The summed E-state index contributed by atoms with van der Waals surface area (Å²) in [5, 5.41) is 29.0. The summed E-state index contributed by atoms with van der Waals surface area (Å²) in [6.45, 7) is 3.06. The van der Waals surface area contributed by atoms with Crippen LogP contribution in [0.4, 0.5) is 0 Å². The highest BCUT2D eigenvalue weighted by atomic mass is 16.5. The van der Waals surface area contributed by atoms with E-state index in [1.807, 2.05) is 0 Å². The van der Waals surface area contributed by atoms with E-state index >= 15 is 0 Å². The SMILES string of the molecule is CCC/C=C/CCCCCCCCCCCCCOC[C@@H](O)[C@H]1OC[C@H](O)[C@H]1O. The minimum absolute atomic E-state index is 0.0691. The Kier molecular flexibility index (Phi) is 16.8. The second-order valence-electron chi connectivity index (χ2n) is 8.44. The van der Waals surface area contributed by atoms with E-state index in [0.29, 0.717) is 6.61 Å². The molecule has 0 aromatic carbocycles. The van der Waals surface area contributed by atoms with Gasteiger partial charge < -0.3 is 24.8 Å². The van der Waals surface area contributed by atoms with Gasteiger partial charge in [-0.05, 0) is 25.7 Å². The molecule has 0 amide bonds. The van der Waals surface area contributed by atoms with Crippen molar-refractivity contribution in [1.82, 2.24) is 0 Å². The van der Waals surface area contributed by atoms with Crippen molar-refractivity contribution >= 4 is 0 Å². The highest BCUT2D eigenvalue weighted by Gasteiger charge is 2.39. The van der Waals surface area contributed by atoms with Crippen molar-refractivity contribution in [2.24, 2.45) is 0 Å². The molecule has 29 heavy (non-hydrogen) atoms. The molecule has 0 unspecified atom stereocenters. The maximum Gasteiger partial charge on any atom is 0.114 e. The van der Waals surface area contributed by atoms with Gasteiger partial charge in [-0.1, -0.05) is 83.3 Å². The summed E-state index contributed by atoms with van der Waals surface area (Å²) in [5.41, 5.74) is 0. The van der Waals surface area contributed by atoms with Crippen LogP contribution in [0.2, 0.25) is 0 Å². The quantitative estimate of drug-likeness (QED) is 0.214. The largest absolute Gasteiger partial charge is 0.388 e. The normalized spacial score (nSPS) is 23.2. The third-order valence-electron chi connectivity index (χ3n) is 5.64. The maximum absolute atomic E-state index is 9.95. The lowest BCUT2D eigenvalue weighted by Gasteiger charge is -2.20. The molecular weight excluding hydrogens is 368 g/mol. The molecule has 5 nitrogen and oxygen atoms in total. The number of rotatable bonds is 19. The molecule has 0 aromatic heterocycles. The summed E-state index contributed by atoms with van der Waals surface area (Å²) >= 11 is 0. The fourth-order valence-corrected chi connectivity index (χ4v) is 3.72. The molecule has 1 aliphatic heterocycles. The predicted octanol–water partition coefficient (Wildman–Crippen LogP) is 4.52. The van der Waals surface area contributed by atoms with Crippen molar-refractivity contribution in [1.29, 1.82) is 0 Å². The van der Waals surface area contributed by atoms with Gasteiger partial charge in [0, 0.05) is 6.61 Å². The van der Waals surface area contributed by atoms with Crippen molar-refractivity contribution in [3.8, 4) is 0 Å². The highest BCUT2D eigenvalue weighted by molar-refractivity contribution is 4.87. The second kappa shape index (κ2) is 18.3. The van der Waals surface area contributed by atoms with E-state index < -0.39 is 24.4 Å². The van der Waals surface area contributed by atoms with Crippen molar-refractivity contribution in [2.45, 2.75) is 121 Å².